The quantitative estimate of drug-likeness (QED) is 0.717. The predicted molar refractivity (Wildman–Crippen MR) is 105 cm³/mol. The minimum absolute atomic E-state index is 0.412. The zero-order chi connectivity index (χ0) is 18.5. The van der Waals surface area contributed by atoms with E-state index in [9.17, 15) is 5.11 Å². The van der Waals surface area contributed by atoms with Crippen LogP contribution < -0.4 is 10.6 Å². The van der Waals surface area contributed by atoms with E-state index in [-0.39, 0.29) is 0 Å². The molecule has 2 aliphatic heterocycles. The number of aliphatic hydroxyl groups is 1. The Labute approximate surface area is 160 Å². The van der Waals surface area contributed by atoms with Gasteiger partial charge in [0, 0.05) is 49.7 Å². The highest BCUT2D eigenvalue weighted by molar-refractivity contribution is 5.59. The van der Waals surface area contributed by atoms with Crippen LogP contribution in [0, 0.1) is 0 Å². The molecule has 0 unspecified atom stereocenters. The van der Waals surface area contributed by atoms with Crippen molar-refractivity contribution in [1.29, 1.82) is 0 Å². The van der Waals surface area contributed by atoms with E-state index in [1.165, 1.54) is 25.7 Å². The van der Waals surface area contributed by atoms with Crippen LogP contribution in [0.15, 0.2) is 24.5 Å². The number of anilines is 1. The molecule has 144 valence electrons. The summed E-state index contributed by atoms with van der Waals surface area (Å²) >= 11 is 0. The number of hydrogen-bond donors (Lipinski definition) is 3. The van der Waals surface area contributed by atoms with Gasteiger partial charge in [-0.15, -0.1) is 0 Å². The van der Waals surface area contributed by atoms with Crippen LogP contribution in [0.2, 0.25) is 0 Å². The number of aliphatic hydroxyl groups excluding tert-OH is 1. The van der Waals surface area contributed by atoms with Gasteiger partial charge in [-0.05, 0) is 38.1 Å². The molecule has 2 aromatic heterocycles. The molecule has 0 bridgehead atoms. The Morgan fingerprint density at radius 3 is 2.78 bits per heavy atom. The van der Waals surface area contributed by atoms with Crippen molar-refractivity contribution in [1.82, 2.24) is 25.2 Å². The Kier molecular flexibility index (Phi) is 5.91. The lowest BCUT2D eigenvalue weighted by Gasteiger charge is -2.23. The lowest BCUT2D eigenvalue weighted by molar-refractivity contribution is 0.124. The molecule has 0 aliphatic carbocycles. The van der Waals surface area contributed by atoms with Crippen molar-refractivity contribution in [3.63, 3.8) is 0 Å². The van der Waals surface area contributed by atoms with Gasteiger partial charge in [-0.25, -0.2) is 9.97 Å². The molecule has 2 aliphatic rings. The highest BCUT2D eigenvalue weighted by atomic mass is 16.3. The summed E-state index contributed by atoms with van der Waals surface area (Å²) in [7, 11) is 0. The zero-order valence-corrected chi connectivity index (χ0v) is 15.7. The first-order valence-electron chi connectivity index (χ1n) is 9.95. The molecular weight excluding hydrogens is 340 g/mol. The van der Waals surface area contributed by atoms with Crippen molar-refractivity contribution in [3.8, 4) is 11.4 Å². The standard InChI is InChI=1S/C20H28N6O/c27-16(14-26-8-3-1-2-4-9-26)11-23-20-17-12-22-13-18(17)24-19(25-20)15-6-5-7-21-10-15/h5-7,10,16,22,27H,1-4,8-9,11-14H2,(H,23,24,25)/t16-/m1/s1. The Morgan fingerprint density at radius 1 is 1.15 bits per heavy atom. The average molecular weight is 368 g/mol. The molecule has 0 saturated carbocycles. The SMILES string of the molecule is O[C@H](CNc1nc(-c2cccnc2)nc2c1CNC2)CN1CCCCCC1. The fourth-order valence-corrected chi connectivity index (χ4v) is 3.83. The van der Waals surface area contributed by atoms with Crippen molar-refractivity contribution in [2.45, 2.75) is 44.9 Å². The minimum atomic E-state index is -0.412. The molecule has 0 amide bonds. The van der Waals surface area contributed by atoms with Crippen molar-refractivity contribution < 1.29 is 5.11 Å². The molecule has 2 aromatic rings. The number of nitrogens with one attached hydrogen (secondary N) is 2. The summed E-state index contributed by atoms with van der Waals surface area (Å²) in [5.74, 6) is 1.49. The van der Waals surface area contributed by atoms with Gasteiger partial charge in [-0.3, -0.25) is 4.98 Å². The lowest BCUT2D eigenvalue weighted by Crippen LogP contribution is -2.36. The maximum Gasteiger partial charge on any atom is 0.163 e. The lowest BCUT2D eigenvalue weighted by atomic mass is 10.2. The minimum Gasteiger partial charge on any atom is -0.390 e. The Hall–Kier alpha value is -2.09. The smallest absolute Gasteiger partial charge is 0.163 e. The number of likely N-dealkylation sites (tertiary alicyclic amines) is 1. The summed E-state index contributed by atoms with van der Waals surface area (Å²) < 4.78 is 0. The van der Waals surface area contributed by atoms with E-state index in [1.54, 1.807) is 12.4 Å². The largest absolute Gasteiger partial charge is 0.390 e. The summed E-state index contributed by atoms with van der Waals surface area (Å²) in [5.41, 5.74) is 3.03. The molecule has 0 aromatic carbocycles. The molecular formula is C20H28N6O. The fourth-order valence-electron chi connectivity index (χ4n) is 3.83. The van der Waals surface area contributed by atoms with Gasteiger partial charge in [0.2, 0.25) is 0 Å². The van der Waals surface area contributed by atoms with E-state index in [0.29, 0.717) is 18.9 Å². The molecule has 7 heteroatoms. The molecule has 3 N–H and O–H groups in total. The predicted octanol–water partition coefficient (Wildman–Crippen LogP) is 1.79. The third-order valence-electron chi connectivity index (χ3n) is 5.28. The van der Waals surface area contributed by atoms with Crippen LogP contribution in [-0.4, -0.2) is 57.2 Å². The number of β-amino-alcohol motifs (C(OH)–C–C–N with tert-alkyl or cyclic N) is 1. The second-order valence-corrected chi connectivity index (χ2v) is 7.42. The second-order valence-electron chi connectivity index (χ2n) is 7.42. The molecule has 7 nitrogen and oxygen atoms in total. The first kappa shape index (κ1) is 18.3. The molecule has 1 fully saturated rings. The maximum absolute atomic E-state index is 10.5. The first-order chi connectivity index (χ1) is 13.3. The van der Waals surface area contributed by atoms with Crippen molar-refractivity contribution >= 4 is 5.82 Å². The Bertz CT molecular complexity index is 746. The van der Waals surface area contributed by atoms with Gasteiger partial charge in [-0.1, -0.05) is 12.8 Å². The Balaban J connectivity index is 1.44. The van der Waals surface area contributed by atoms with Gasteiger partial charge >= 0.3 is 0 Å². The third kappa shape index (κ3) is 4.61. The number of pyridine rings is 1. The van der Waals surface area contributed by atoms with E-state index in [1.807, 2.05) is 12.1 Å². The van der Waals surface area contributed by atoms with Crippen LogP contribution in [0.1, 0.15) is 36.9 Å². The average Bonchev–Trinajstić information content (AvgIpc) is 3.03. The molecule has 4 heterocycles. The van der Waals surface area contributed by atoms with Crippen LogP contribution in [0.25, 0.3) is 11.4 Å². The van der Waals surface area contributed by atoms with E-state index >= 15 is 0 Å². The van der Waals surface area contributed by atoms with Crippen LogP contribution in [0.3, 0.4) is 0 Å². The molecule has 27 heavy (non-hydrogen) atoms. The number of aromatic nitrogens is 3. The molecule has 4 rings (SSSR count). The van der Waals surface area contributed by atoms with Crippen LogP contribution in [-0.2, 0) is 13.1 Å². The van der Waals surface area contributed by atoms with Gasteiger partial charge in [0.15, 0.2) is 5.82 Å². The first-order valence-corrected chi connectivity index (χ1v) is 9.95. The summed E-state index contributed by atoms with van der Waals surface area (Å²) in [6.45, 7) is 4.90. The summed E-state index contributed by atoms with van der Waals surface area (Å²) in [6, 6.07) is 3.86. The summed E-state index contributed by atoms with van der Waals surface area (Å²) in [6.07, 6.45) is 8.20. The van der Waals surface area contributed by atoms with Crippen LogP contribution >= 0.6 is 0 Å². The van der Waals surface area contributed by atoms with E-state index in [2.05, 4.69) is 20.5 Å². The highest BCUT2D eigenvalue weighted by Crippen LogP contribution is 2.25. The molecule has 1 saturated heterocycles. The monoisotopic (exact) mass is 368 g/mol. The number of nitrogens with zero attached hydrogens (tertiary/aromatic N) is 4. The van der Waals surface area contributed by atoms with E-state index in [0.717, 1.165) is 48.8 Å². The summed E-state index contributed by atoms with van der Waals surface area (Å²) in [4.78, 5) is 16.0. The molecule has 1 atom stereocenters. The third-order valence-corrected chi connectivity index (χ3v) is 5.28. The van der Waals surface area contributed by atoms with Crippen molar-refractivity contribution in [3.05, 3.63) is 35.8 Å². The second kappa shape index (κ2) is 8.73. The van der Waals surface area contributed by atoms with Gasteiger partial charge in [0.05, 0.1) is 11.8 Å². The van der Waals surface area contributed by atoms with Gasteiger partial charge in [0.1, 0.15) is 5.82 Å². The number of hydrogen-bond acceptors (Lipinski definition) is 7. The number of fused-ring (bicyclic) bond motifs is 1. The van der Waals surface area contributed by atoms with Gasteiger partial charge in [-0.2, -0.15) is 0 Å². The van der Waals surface area contributed by atoms with Gasteiger partial charge < -0.3 is 20.6 Å². The maximum atomic E-state index is 10.5. The topological polar surface area (TPSA) is 86.2 Å². The van der Waals surface area contributed by atoms with Gasteiger partial charge in [0.25, 0.3) is 0 Å². The highest BCUT2D eigenvalue weighted by Gasteiger charge is 2.21. The fraction of sp³-hybridized carbons (Fsp3) is 0.550. The molecule has 0 radical (unpaired) electrons. The normalized spacial score (nSPS) is 18.7. The Morgan fingerprint density at radius 2 is 2.00 bits per heavy atom. The van der Waals surface area contributed by atoms with Crippen molar-refractivity contribution in [2.24, 2.45) is 0 Å². The zero-order valence-electron chi connectivity index (χ0n) is 15.7. The van der Waals surface area contributed by atoms with Crippen LogP contribution in [0.5, 0.6) is 0 Å². The van der Waals surface area contributed by atoms with E-state index in [4.69, 9.17) is 9.97 Å². The summed E-state index contributed by atoms with van der Waals surface area (Å²) in [5, 5.41) is 17.2. The van der Waals surface area contributed by atoms with Crippen molar-refractivity contribution in [2.75, 3.05) is 31.5 Å². The van der Waals surface area contributed by atoms with E-state index < -0.39 is 6.10 Å². The van der Waals surface area contributed by atoms with Crippen LogP contribution in [0.4, 0.5) is 5.82 Å². The number of rotatable bonds is 6. The molecule has 0 spiro atoms.